The number of halogens is 1. The number of hydrogen-bond acceptors (Lipinski definition) is 4. The number of carbonyl (C=O) groups excluding carboxylic acids is 1. The predicted molar refractivity (Wildman–Crippen MR) is 101 cm³/mol. The number of hydrogen-bond donors (Lipinski definition) is 0. The number of carbonyl (C=O) groups is 1. The Kier molecular flexibility index (Phi) is 6.57. The molecule has 0 saturated heterocycles. The molecule has 2 rings (SSSR count). The van der Waals surface area contributed by atoms with Gasteiger partial charge in [0.2, 0.25) is 0 Å². The summed E-state index contributed by atoms with van der Waals surface area (Å²) in [4.78, 5) is 15.7. The van der Waals surface area contributed by atoms with Crippen molar-refractivity contribution in [2.45, 2.75) is 11.4 Å². The van der Waals surface area contributed by atoms with Crippen molar-refractivity contribution in [2.24, 2.45) is 0 Å². The molecular weight excluding hydrogens is 390 g/mol. The Labute approximate surface area is 155 Å². The van der Waals surface area contributed by atoms with Crippen molar-refractivity contribution in [1.29, 1.82) is 0 Å². The van der Waals surface area contributed by atoms with Crippen LogP contribution < -0.4 is 9.47 Å². The summed E-state index contributed by atoms with van der Waals surface area (Å²) in [5, 5.41) is 0. The molecule has 0 aliphatic rings. The van der Waals surface area contributed by atoms with Crippen LogP contribution in [0, 0.1) is 0 Å². The fourth-order valence-corrected chi connectivity index (χ4v) is 3.34. The Morgan fingerprint density at radius 2 is 1.83 bits per heavy atom. The summed E-state index contributed by atoms with van der Waals surface area (Å²) in [6.45, 7) is 0.519. The van der Waals surface area contributed by atoms with E-state index in [1.165, 1.54) is 4.90 Å². The molecular formula is C18H20BrNO3S. The lowest BCUT2D eigenvalue weighted by Gasteiger charge is -2.20. The predicted octanol–water partition coefficient (Wildman–Crippen LogP) is 4.46. The lowest BCUT2D eigenvalue weighted by molar-refractivity contribution is 0.0781. The minimum atomic E-state index is -0.125. The van der Waals surface area contributed by atoms with Crippen LogP contribution in [0.2, 0.25) is 0 Å². The van der Waals surface area contributed by atoms with Crippen LogP contribution in [0.15, 0.2) is 45.8 Å². The summed E-state index contributed by atoms with van der Waals surface area (Å²) in [6, 6.07) is 11.7. The fraction of sp³-hybridized carbons (Fsp3) is 0.278. The van der Waals surface area contributed by atoms with E-state index in [1.807, 2.05) is 18.4 Å². The first-order valence-electron chi connectivity index (χ1n) is 7.30. The summed E-state index contributed by atoms with van der Waals surface area (Å²) in [5.74, 6) is 0.981. The van der Waals surface area contributed by atoms with Crippen molar-refractivity contribution in [3.05, 3.63) is 52.0 Å². The molecule has 1 amide bonds. The summed E-state index contributed by atoms with van der Waals surface area (Å²) < 4.78 is 11.3. The second-order valence-electron chi connectivity index (χ2n) is 5.20. The maximum absolute atomic E-state index is 12.8. The van der Waals surface area contributed by atoms with Gasteiger partial charge in [-0.2, -0.15) is 0 Å². The minimum Gasteiger partial charge on any atom is -0.497 e. The SMILES string of the molecule is COc1cc(Br)c(OC)c(C(=O)N(C)Cc2ccc(SC)cc2)c1. The molecule has 0 aliphatic carbocycles. The highest BCUT2D eigenvalue weighted by atomic mass is 79.9. The molecule has 0 unspecified atom stereocenters. The van der Waals surface area contributed by atoms with E-state index in [9.17, 15) is 4.79 Å². The first kappa shape index (κ1) is 18.7. The fourth-order valence-electron chi connectivity index (χ4n) is 2.33. The normalized spacial score (nSPS) is 10.4. The Balaban J connectivity index is 2.24. The van der Waals surface area contributed by atoms with Gasteiger partial charge in [0.15, 0.2) is 0 Å². The van der Waals surface area contributed by atoms with Gasteiger partial charge in [-0.15, -0.1) is 11.8 Å². The van der Waals surface area contributed by atoms with E-state index in [0.717, 1.165) is 5.56 Å². The van der Waals surface area contributed by atoms with Crippen molar-refractivity contribution in [2.75, 3.05) is 27.5 Å². The molecule has 0 atom stereocenters. The lowest BCUT2D eigenvalue weighted by atomic mass is 10.1. The number of amides is 1. The van der Waals surface area contributed by atoms with E-state index >= 15 is 0 Å². The van der Waals surface area contributed by atoms with Gasteiger partial charge in [-0.05, 0) is 52.0 Å². The molecule has 2 aromatic rings. The van der Waals surface area contributed by atoms with Crippen molar-refractivity contribution >= 4 is 33.6 Å². The molecule has 0 heterocycles. The van der Waals surface area contributed by atoms with Gasteiger partial charge in [0, 0.05) is 18.5 Å². The Hall–Kier alpha value is -1.66. The highest BCUT2D eigenvalue weighted by Crippen LogP contribution is 2.34. The quantitative estimate of drug-likeness (QED) is 0.660. The van der Waals surface area contributed by atoms with Crippen molar-refractivity contribution in [3.63, 3.8) is 0 Å². The van der Waals surface area contributed by atoms with Gasteiger partial charge in [-0.1, -0.05) is 12.1 Å². The highest BCUT2D eigenvalue weighted by Gasteiger charge is 2.20. The van der Waals surface area contributed by atoms with Crippen LogP contribution >= 0.6 is 27.7 Å². The number of thioether (sulfide) groups is 1. The van der Waals surface area contributed by atoms with Gasteiger partial charge < -0.3 is 14.4 Å². The third kappa shape index (κ3) is 4.24. The number of methoxy groups -OCH3 is 2. The largest absolute Gasteiger partial charge is 0.497 e. The van der Waals surface area contributed by atoms with E-state index in [-0.39, 0.29) is 5.91 Å². The van der Waals surface area contributed by atoms with Crippen LogP contribution in [0.1, 0.15) is 15.9 Å². The molecule has 24 heavy (non-hydrogen) atoms. The molecule has 0 saturated carbocycles. The van der Waals surface area contributed by atoms with Crippen LogP contribution in [-0.4, -0.2) is 38.3 Å². The van der Waals surface area contributed by atoms with Crippen molar-refractivity contribution < 1.29 is 14.3 Å². The average Bonchev–Trinajstić information content (AvgIpc) is 2.60. The molecule has 4 nitrogen and oxygen atoms in total. The van der Waals surface area contributed by atoms with Gasteiger partial charge >= 0.3 is 0 Å². The third-order valence-corrected chi connectivity index (χ3v) is 4.95. The Bertz CT molecular complexity index is 719. The second kappa shape index (κ2) is 8.44. The zero-order chi connectivity index (χ0) is 17.7. The molecule has 0 aromatic heterocycles. The summed E-state index contributed by atoms with van der Waals surface area (Å²) in [6.07, 6.45) is 2.04. The number of benzene rings is 2. The molecule has 0 bridgehead atoms. The van der Waals surface area contributed by atoms with E-state index in [0.29, 0.717) is 28.1 Å². The second-order valence-corrected chi connectivity index (χ2v) is 6.93. The monoisotopic (exact) mass is 409 g/mol. The Morgan fingerprint density at radius 1 is 1.17 bits per heavy atom. The summed E-state index contributed by atoms with van der Waals surface area (Å²) in [7, 11) is 4.89. The van der Waals surface area contributed by atoms with Gasteiger partial charge in [0.25, 0.3) is 5.91 Å². The molecule has 0 fully saturated rings. The first-order valence-corrected chi connectivity index (χ1v) is 9.31. The standard InChI is InChI=1S/C18H20BrNO3S/c1-20(11-12-5-7-14(24-4)8-6-12)18(21)15-9-13(22-2)10-16(19)17(15)23-3/h5-10H,11H2,1-4H3. The average molecular weight is 410 g/mol. The summed E-state index contributed by atoms with van der Waals surface area (Å²) in [5.41, 5.74) is 1.54. The van der Waals surface area contributed by atoms with E-state index in [1.54, 1.807) is 50.1 Å². The van der Waals surface area contributed by atoms with Crippen LogP contribution in [-0.2, 0) is 6.54 Å². The van der Waals surface area contributed by atoms with Crippen LogP contribution in [0.25, 0.3) is 0 Å². The number of nitrogens with zero attached hydrogens (tertiary/aromatic N) is 1. The van der Waals surface area contributed by atoms with Crippen molar-refractivity contribution in [1.82, 2.24) is 4.90 Å². The maximum atomic E-state index is 12.8. The van der Waals surface area contributed by atoms with Gasteiger partial charge in [-0.25, -0.2) is 0 Å². The van der Waals surface area contributed by atoms with Crippen LogP contribution in [0.4, 0.5) is 0 Å². The zero-order valence-electron chi connectivity index (χ0n) is 14.1. The maximum Gasteiger partial charge on any atom is 0.257 e. The van der Waals surface area contributed by atoms with Gasteiger partial charge in [0.1, 0.15) is 11.5 Å². The minimum absolute atomic E-state index is 0.125. The van der Waals surface area contributed by atoms with Gasteiger partial charge in [-0.3, -0.25) is 4.79 Å². The number of ether oxygens (including phenoxy) is 2. The lowest BCUT2D eigenvalue weighted by Crippen LogP contribution is -2.26. The molecule has 0 N–H and O–H groups in total. The first-order chi connectivity index (χ1) is 11.5. The molecule has 2 aromatic carbocycles. The smallest absolute Gasteiger partial charge is 0.257 e. The van der Waals surface area contributed by atoms with Crippen LogP contribution in [0.3, 0.4) is 0 Å². The molecule has 128 valence electrons. The molecule has 0 radical (unpaired) electrons. The van der Waals surface area contributed by atoms with Crippen LogP contribution in [0.5, 0.6) is 11.5 Å². The summed E-state index contributed by atoms with van der Waals surface area (Å²) >= 11 is 5.12. The Morgan fingerprint density at radius 3 is 2.38 bits per heavy atom. The van der Waals surface area contributed by atoms with E-state index in [4.69, 9.17) is 9.47 Å². The number of rotatable bonds is 6. The van der Waals surface area contributed by atoms with Gasteiger partial charge in [0.05, 0.1) is 24.3 Å². The zero-order valence-corrected chi connectivity index (χ0v) is 16.5. The molecule has 0 aliphatic heterocycles. The van der Waals surface area contributed by atoms with Crippen molar-refractivity contribution in [3.8, 4) is 11.5 Å². The molecule has 6 heteroatoms. The topological polar surface area (TPSA) is 38.8 Å². The highest BCUT2D eigenvalue weighted by molar-refractivity contribution is 9.10. The molecule has 0 spiro atoms. The van der Waals surface area contributed by atoms with E-state index in [2.05, 4.69) is 28.1 Å². The van der Waals surface area contributed by atoms with E-state index < -0.39 is 0 Å². The third-order valence-electron chi connectivity index (χ3n) is 3.61.